The van der Waals surface area contributed by atoms with Gasteiger partial charge in [-0.15, -0.1) is 0 Å². The van der Waals surface area contributed by atoms with Gasteiger partial charge in [-0.25, -0.2) is 4.98 Å². The summed E-state index contributed by atoms with van der Waals surface area (Å²) in [5, 5.41) is 0. The number of aromatic amines is 1. The lowest BCUT2D eigenvalue weighted by molar-refractivity contribution is 0.125. The highest BCUT2D eigenvalue weighted by Crippen LogP contribution is 2.19. The molecule has 1 aliphatic heterocycles. The van der Waals surface area contributed by atoms with Gasteiger partial charge in [-0.2, -0.15) is 0 Å². The molecule has 0 atom stereocenters. The number of nitrogens with two attached hydrogens (primary N) is 1. The summed E-state index contributed by atoms with van der Waals surface area (Å²) in [6, 6.07) is 6.48. The number of rotatable bonds is 4. The maximum atomic E-state index is 5.81. The van der Waals surface area contributed by atoms with E-state index in [1.165, 1.54) is 32.5 Å². The third-order valence-electron chi connectivity index (χ3n) is 4.58. The molecule has 0 amide bonds. The van der Waals surface area contributed by atoms with Crippen LogP contribution in [-0.4, -0.2) is 52.5 Å². The van der Waals surface area contributed by atoms with Crippen LogP contribution in [0.5, 0.6) is 0 Å². The van der Waals surface area contributed by atoms with Crippen molar-refractivity contribution >= 4 is 16.7 Å². The predicted molar refractivity (Wildman–Crippen MR) is 87.1 cm³/mol. The fraction of sp³-hybridized carbons (Fsp3) is 0.562. The number of aromatic nitrogens is 2. The van der Waals surface area contributed by atoms with Crippen molar-refractivity contribution in [1.82, 2.24) is 19.8 Å². The number of hydrogen-bond acceptors (Lipinski definition) is 4. The Hall–Kier alpha value is -1.59. The first-order valence-corrected chi connectivity index (χ1v) is 7.82. The van der Waals surface area contributed by atoms with Crippen molar-refractivity contribution in [3.63, 3.8) is 0 Å². The van der Waals surface area contributed by atoms with Crippen molar-refractivity contribution < 1.29 is 0 Å². The average molecular weight is 287 g/mol. The molecule has 21 heavy (non-hydrogen) atoms. The van der Waals surface area contributed by atoms with Crippen LogP contribution in [0.1, 0.15) is 25.6 Å². The van der Waals surface area contributed by atoms with E-state index >= 15 is 0 Å². The van der Waals surface area contributed by atoms with Crippen LogP contribution in [-0.2, 0) is 6.54 Å². The molecule has 1 saturated heterocycles. The SMILES string of the molecule is CCN1CCC(N(C)Cc2nc3ccc(N)cc3[nH]2)CC1. The zero-order valence-electron chi connectivity index (χ0n) is 13.0. The zero-order valence-corrected chi connectivity index (χ0v) is 13.0. The van der Waals surface area contributed by atoms with Gasteiger partial charge in [-0.3, -0.25) is 4.90 Å². The van der Waals surface area contributed by atoms with Crippen LogP contribution in [0.4, 0.5) is 5.69 Å². The van der Waals surface area contributed by atoms with Crippen molar-refractivity contribution in [2.24, 2.45) is 0 Å². The van der Waals surface area contributed by atoms with E-state index in [2.05, 4.69) is 33.7 Å². The summed E-state index contributed by atoms with van der Waals surface area (Å²) in [5.41, 5.74) is 8.61. The minimum Gasteiger partial charge on any atom is -0.399 e. The molecule has 5 nitrogen and oxygen atoms in total. The number of piperidine rings is 1. The summed E-state index contributed by atoms with van der Waals surface area (Å²) >= 11 is 0. The summed E-state index contributed by atoms with van der Waals surface area (Å²) in [7, 11) is 2.20. The number of H-pyrrole nitrogens is 1. The van der Waals surface area contributed by atoms with E-state index in [4.69, 9.17) is 5.73 Å². The quantitative estimate of drug-likeness (QED) is 0.845. The molecule has 114 valence electrons. The molecular formula is C16H25N5. The molecule has 1 aromatic carbocycles. The van der Waals surface area contributed by atoms with E-state index in [1.54, 1.807) is 0 Å². The number of nitrogens with zero attached hydrogens (tertiary/aromatic N) is 3. The van der Waals surface area contributed by atoms with Gasteiger partial charge in [-0.05, 0) is 57.7 Å². The maximum absolute atomic E-state index is 5.81. The first kappa shape index (κ1) is 14.4. The topological polar surface area (TPSA) is 61.2 Å². The Morgan fingerprint density at radius 1 is 1.38 bits per heavy atom. The van der Waals surface area contributed by atoms with Crippen molar-refractivity contribution in [2.75, 3.05) is 32.4 Å². The minimum atomic E-state index is 0.658. The molecule has 1 aromatic heterocycles. The molecule has 3 rings (SSSR count). The van der Waals surface area contributed by atoms with Crippen LogP contribution in [0.2, 0.25) is 0 Å². The lowest BCUT2D eigenvalue weighted by Crippen LogP contribution is -2.43. The first-order valence-electron chi connectivity index (χ1n) is 7.82. The van der Waals surface area contributed by atoms with Gasteiger partial charge in [0.05, 0.1) is 17.6 Å². The van der Waals surface area contributed by atoms with Crippen LogP contribution >= 0.6 is 0 Å². The van der Waals surface area contributed by atoms with Gasteiger partial charge in [0.1, 0.15) is 5.82 Å². The molecule has 0 aliphatic carbocycles. The molecule has 0 saturated carbocycles. The molecule has 5 heteroatoms. The highest BCUT2D eigenvalue weighted by Gasteiger charge is 2.22. The molecule has 1 aliphatic rings. The molecule has 0 radical (unpaired) electrons. The van der Waals surface area contributed by atoms with Gasteiger partial charge in [0.15, 0.2) is 0 Å². The van der Waals surface area contributed by atoms with Gasteiger partial charge >= 0.3 is 0 Å². The number of nitrogen functional groups attached to an aromatic ring is 1. The van der Waals surface area contributed by atoms with Crippen molar-refractivity contribution in [3.8, 4) is 0 Å². The second-order valence-electron chi connectivity index (χ2n) is 6.04. The monoisotopic (exact) mass is 287 g/mol. The molecule has 3 N–H and O–H groups in total. The molecule has 0 bridgehead atoms. The van der Waals surface area contributed by atoms with E-state index in [1.807, 2.05) is 18.2 Å². The van der Waals surface area contributed by atoms with Gasteiger partial charge < -0.3 is 15.6 Å². The smallest absolute Gasteiger partial charge is 0.121 e. The predicted octanol–water partition coefficient (Wildman–Crippen LogP) is 2.06. The number of fused-ring (bicyclic) bond motifs is 1. The fourth-order valence-corrected chi connectivity index (χ4v) is 3.20. The molecule has 0 spiro atoms. The Morgan fingerprint density at radius 2 is 2.14 bits per heavy atom. The number of nitrogens with one attached hydrogen (secondary N) is 1. The number of anilines is 1. The Balaban J connectivity index is 1.64. The highest BCUT2D eigenvalue weighted by atomic mass is 15.2. The average Bonchev–Trinajstić information content (AvgIpc) is 2.88. The maximum Gasteiger partial charge on any atom is 0.121 e. The molecule has 2 aromatic rings. The molecule has 2 heterocycles. The van der Waals surface area contributed by atoms with Crippen molar-refractivity contribution in [3.05, 3.63) is 24.0 Å². The molecule has 1 fully saturated rings. The summed E-state index contributed by atoms with van der Waals surface area (Å²) in [6.45, 7) is 6.70. The third kappa shape index (κ3) is 3.19. The minimum absolute atomic E-state index is 0.658. The largest absolute Gasteiger partial charge is 0.399 e. The second kappa shape index (κ2) is 6.03. The second-order valence-corrected chi connectivity index (χ2v) is 6.04. The standard InChI is InChI=1S/C16H25N5/c1-3-21-8-6-13(7-9-21)20(2)11-16-18-14-5-4-12(17)10-15(14)19-16/h4-5,10,13H,3,6-9,11,17H2,1-2H3,(H,18,19). The Kier molecular flexibility index (Phi) is 4.12. The summed E-state index contributed by atoms with van der Waals surface area (Å²) in [5.74, 6) is 1.02. The number of likely N-dealkylation sites (tertiary alicyclic amines) is 1. The lowest BCUT2D eigenvalue weighted by atomic mass is 10.0. The third-order valence-corrected chi connectivity index (χ3v) is 4.58. The van der Waals surface area contributed by atoms with E-state index in [9.17, 15) is 0 Å². The fourth-order valence-electron chi connectivity index (χ4n) is 3.20. The first-order chi connectivity index (χ1) is 10.2. The summed E-state index contributed by atoms with van der Waals surface area (Å²) < 4.78 is 0. The van der Waals surface area contributed by atoms with Gasteiger partial charge in [0.2, 0.25) is 0 Å². The van der Waals surface area contributed by atoms with Crippen LogP contribution in [0, 0.1) is 0 Å². The highest BCUT2D eigenvalue weighted by molar-refractivity contribution is 5.78. The number of benzene rings is 1. The van der Waals surface area contributed by atoms with Gasteiger partial charge in [0.25, 0.3) is 0 Å². The Morgan fingerprint density at radius 3 is 2.86 bits per heavy atom. The van der Waals surface area contributed by atoms with Gasteiger partial charge in [0, 0.05) is 11.7 Å². The Labute approximate surface area is 126 Å². The van der Waals surface area contributed by atoms with E-state index in [-0.39, 0.29) is 0 Å². The normalized spacial score (nSPS) is 17.9. The van der Waals surface area contributed by atoms with E-state index in [0.29, 0.717) is 6.04 Å². The van der Waals surface area contributed by atoms with Gasteiger partial charge in [-0.1, -0.05) is 6.92 Å². The van der Waals surface area contributed by atoms with E-state index in [0.717, 1.165) is 29.1 Å². The molecular weight excluding hydrogens is 262 g/mol. The summed E-state index contributed by atoms with van der Waals surface area (Å²) in [6.07, 6.45) is 2.50. The Bertz CT molecular complexity index is 598. The van der Waals surface area contributed by atoms with E-state index < -0.39 is 0 Å². The summed E-state index contributed by atoms with van der Waals surface area (Å²) in [4.78, 5) is 13.0. The number of imidazole rings is 1. The zero-order chi connectivity index (χ0) is 14.8. The van der Waals surface area contributed by atoms with Crippen molar-refractivity contribution in [1.29, 1.82) is 0 Å². The number of hydrogen-bond donors (Lipinski definition) is 2. The van der Waals surface area contributed by atoms with Crippen LogP contribution in [0.3, 0.4) is 0 Å². The van der Waals surface area contributed by atoms with Crippen LogP contribution < -0.4 is 5.73 Å². The lowest BCUT2D eigenvalue weighted by Gasteiger charge is -2.35. The van der Waals surface area contributed by atoms with Crippen LogP contribution in [0.25, 0.3) is 11.0 Å². The van der Waals surface area contributed by atoms with Crippen LogP contribution in [0.15, 0.2) is 18.2 Å². The molecule has 0 unspecified atom stereocenters. The van der Waals surface area contributed by atoms with Crippen molar-refractivity contribution in [2.45, 2.75) is 32.4 Å².